The molecule has 5 nitrogen and oxygen atoms in total. The van der Waals surface area contributed by atoms with Crippen LogP contribution in [0.1, 0.15) is 12.5 Å². The van der Waals surface area contributed by atoms with E-state index in [0.717, 1.165) is 21.4 Å². The average Bonchev–Trinajstić information content (AvgIpc) is 2.91. The molecule has 0 N–H and O–H groups in total. The molecule has 0 unspecified atom stereocenters. The molecule has 2 aromatic carbocycles. The molecule has 154 valence electrons. The number of hydrogen-bond donors (Lipinski definition) is 0. The van der Waals surface area contributed by atoms with E-state index in [1.165, 1.54) is 29.2 Å². The molecular formula is C21H16F3N3O2S. The molecule has 0 radical (unpaired) electrons. The SMILES string of the molecule is C[C@H]1C(=O)N(c2ccccc2SC(F)(F)F)C(=O)N1Cc1ccnc2ccccc12. The van der Waals surface area contributed by atoms with Crippen LogP contribution in [-0.4, -0.2) is 33.4 Å². The fourth-order valence-corrected chi connectivity index (χ4v) is 4.12. The van der Waals surface area contributed by atoms with Crippen molar-refractivity contribution in [1.29, 1.82) is 0 Å². The van der Waals surface area contributed by atoms with Gasteiger partial charge in [-0.15, -0.1) is 0 Å². The molecule has 4 rings (SSSR count). The highest BCUT2D eigenvalue weighted by Crippen LogP contribution is 2.42. The molecule has 1 aromatic heterocycles. The van der Waals surface area contributed by atoms with Crippen LogP contribution in [0.5, 0.6) is 0 Å². The van der Waals surface area contributed by atoms with Gasteiger partial charge in [0.05, 0.1) is 11.2 Å². The molecule has 30 heavy (non-hydrogen) atoms. The van der Waals surface area contributed by atoms with Crippen molar-refractivity contribution in [3.63, 3.8) is 0 Å². The third-order valence-electron chi connectivity index (χ3n) is 4.89. The predicted molar refractivity (Wildman–Crippen MR) is 108 cm³/mol. The zero-order valence-electron chi connectivity index (χ0n) is 15.8. The quantitative estimate of drug-likeness (QED) is 0.421. The van der Waals surface area contributed by atoms with Crippen LogP contribution >= 0.6 is 11.8 Å². The zero-order valence-corrected chi connectivity index (χ0v) is 16.6. The minimum absolute atomic E-state index is 0.0660. The Labute approximate surface area is 174 Å². The Morgan fingerprint density at radius 2 is 1.73 bits per heavy atom. The molecule has 1 saturated heterocycles. The zero-order chi connectivity index (χ0) is 21.5. The number of fused-ring (bicyclic) bond motifs is 1. The number of aromatic nitrogens is 1. The Bertz CT molecular complexity index is 1130. The number of hydrogen-bond acceptors (Lipinski definition) is 4. The van der Waals surface area contributed by atoms with Crippen LogP contribution in [0.15, 0.2) is 65.7 Å². The maximum absolute atomic E-state index is 13.1. The summed E-state index contributed by atoms with van der Waals surface area (Å²) in [7, 11) is 0. The van der Waals surface area contributed by atoms with Crippen LogP contribution in [0.4, 0.5) is 23.7 Å². The molecule has 9 heteroatoms. The minimum atomic E-state index is -4.54. The van der Waals surface area contributed by atoms with E-state index in [0.29, 0.717) is 0 Å². The number of carbonyl (C=O) groups is 2. The first-order chi connectivity index (χ1) is 14.3. The van der Waals surface area contributed by atoms with Crippen LogP contribution in [0.25, 0.3) is 10.9 Å². The van der Waals surface area contributed by atoms with Gasteiger partial charge in [0.15, 0.2) is 0 Å². The van der Waals surface area contributed by atoms with E-state index < -0.39 is 23.5 Å². The largest absolute Gasteiger partial charge is 0.446 e. The summed E-state index contributed by atoms with van der Waals surface area (Å²) in [5, 5.41) is 0.846. The second kappa shape index (κ2) is 7.64. The average molecular weight is 431 g/mol. The Morgan fingerprint density at radius 3 is 2.50 bits per heavy atom. The lowest BCUT2D eigenvalue weighted by atomic mass is 10.1. The number of urea groups is 1. The normalized spacial score (nSPS) is 17.3. The van der Waals surface area contributed by atoms with Gasteiger partial charge in [-0.3, -0.25) is 9.78 Å². The number of anilines is 1. The Morgan fingerprint density at radius 1 is 1.03 bits per heavy atom. The number of rotatable bonds is 4. The number of thioether (sulfide) groups is 1. The third-order valence-corrected chi connectivity index (χ3v) is 5.69. The summed E-state index contributed by atoms with van der Waals surface area (Å²) < 4.78 is 38.9. The van der Waals surface area contributed by atoms with Crippen LogP contribution in [0, 0.1) is 0 Å². The first-order valence-corrected chi connectivity index (χ1v) is 9.90. The fourth-order valence-electron chi connectivity index (χ4n) is 3.46. The molecule has 0 aliphatic carbocycles. The lowest BCUT2D eigenvalue weighted by Gasteiger charge is -2.21. The van der Waals surface area contributed by atoms with Crippen molar-refractivity contribution < 1.29 is 22.8 Å². The molecule has 0 spiro atoms. The van der Waals surface area contributed by atoms with E-state index in [1.54, 1.807) is 19.2 Å². The van der Waals surface area contributed by atoms with Crippen molar-refractivity contribution in [1.82, 2.24) is 9.88 Å². The number of pyridine rings is 1. The van der Waals surface area contributed by atoms with E-state index in [4.69, 9.17) is 0 Å². The second-order valence-corrected chi connectivity index (χ2v) is 7.87. The number of para-hydroxylation sites is 2. The number of imide groups is 1. The number of alkyl halides is 3. The van der Waals surface area contributed by atoms with Crippen LogP contribution < -0.4 is 4.90 Å². The molecule has 1 atom stereocenters. The van der Waals surface area contributed by atoms with E-state index in [-0.39, 0.29) is 28.9 Å². The molecule has 1 aliphatic rings. The van der Waals surface area contributed by atoms with Crippen molar-refractivity contribution in [2.45, 2.75) is 29.9 Å². The van der Waals surface area contributed by atoms with E-state index in [1.807, 2.05) is 24.3 Å². The van der Waals surface area contributed by atoms with Gasteiger partial charge in [0.1, 0.15) is 6.04 Å². The van der Waals surface area contributed by atoms with Crippen molar-refractivity contribution >= 4 is 40.3 Å². The molecule has 0 bridgehead atoms. The third kappa shape index (κ3) is 3.72. The molecule has 3 aromatic rings. The predicted octanol–water partition coefficient (Wildman–Crippen LogP) is 5.20. The lowest BCUT2D eigenvalue weighted by molar-refractivity contribution is -0.119. The fraction of sp³-hybridized carbons (Fsp3) is 0.190. The van der Waals surface area contributed by atoms with Gasteiger partial charge >= 0.3 is 11.5 Å². The van der Waals surface area contributed by atoms with Gasteiger partial charge in [0.2, 0.25) is 0 Å². The highest BCUT2D eigenvalue weighted by atomic mass is 32.2. The van der Waals surface area contributed by atoms with Gasteiger partial charge in [-0.1, -0.05) is 30.3 Å². The Hall–Kier alpha value is -3.07. The first kappa shape index (κ1) is 20.2. The minimum Gasteiger partial charge on any atom is -0.308 e. The summed E-state index contributed by atoms with van der Waals surface area (Å²) in [6.45, 7) is 1.71. The first-order valence-electron chi connectivity index (χ1n) is 9.08. The summed E-state index contributed by atoms with van der Waals surface area (Å²) in [6.07, 6.45) is 1.62. The van der Waals surface area contributed by atoms with E-state index >= 15 is 0 Å². The Balaban J connectivity index is 1.68. The molecular weight excluding hydrogens is 415 g/mol. The smallest absolute Gasteiger partial charge is 0.308 e. The number of amides is 3. The summed E-state index contributed by atoms with van der Waals surface area (Å²) in [6, 6.07) is 13.3. The summed E-state index contributed by atoms with van der Waals surface area (Å²) in [5.41, 5.74) is -3.05. The van der Waals surface area contributed by atoms with E-state index in [9.17, 15) is 22.8 Å². The van der Waals surface area contributed by atoms with Crippen molar-refractivity contribution in [3.8, 4) is 0 Å². The number of halogens is 3. The second-order valence-electron chi connectivity index (χ2n) is 6.76. The molecule has 3 amide bonds. The van der Waals surface area contributed by atoms with Crippen LogP contribution in [-0.2, 0) is 11.3 Å². The van der Waals surface area contributed by atoms with Gasteiger partial charge in [-0.05, 0) is 48.5 Å². The lowest BCUT2D eigenvalue weighted by Crippen LogP contribution is -2.33. The van der Waals surface area contributed by atoms with Gasteiger partial charge in [0, 0.05) is 23.0 Å². The summed E-state index contributed by atoms with van der Waals surface area (Å²) >= 11 is -0.346. The van der Waals surface area contributed by atoms with Gasteiger partial charge in [0.25, 0.3) is 5.91 Å². The van der Waals surface area contributed by atoms with Crippen LogP contribution in [0.3, 0.4) is 0 Å². The molecule has 1 aliphatic heterocycles. The molecule has 0 saturated carbocycles. The highest BCUT2D eigenvalue weighted by molar-refractivity contribution is 8.00. The standard InChI is InChI=1S/C21H16F3N3O2S/c1-13-19(28)27(17-8-4-5-9-18(17)30-21(22,23)24)20(29)26(13)12-14-10-11-25-16-7-3-2-6-15(14)16/h2-11,13H,12H2,1H3/t13-/m0/s1. The number of benzene rings is 2. The Kier molecular flexibility index (Phi) is 5.15. The van der Waals surface area contributed by atoms with Gasteiger partial charge in [-0.2, -0.15) is 13.2 Å². The van der Waals surface area contributed by atoms with Crippen molar-refractivity contribution in [2.75, 3.05) is 4.90 Å². The highest BCUT2D eigenvalue weighted by Gasteiger charge is 2.45. The number of carbonyl (C=O) groups excluding carboxylic acids is 2. The van der Waals surface area contributed by atoms with Crippen molar-refractivity contribution in [2.24, 2.45) is 0 Å². The summed E-state index contributed by atoms with van der Waals surface area (Å²) in [4.78, 5) is 32.3. The topological polar surface area (TPSA) is 53.5 Å². The van der Waals surface area contributed by atoms with Crippen molar-refractivity contribution in [3.05, 3.63) is 66.4 Å². The monoisotopic (exact) mass is 431 g/mol. The summed E-state index contributed by atoms with van der Waals surface area (Å²) in [5.74, 6) is -0.561. The molecule has 2 heterocycles. The van der Waals surface area contributed by atoms with E-state index in [2.05, 4.69) is 4.98 Å². The van der Waals surface area contributed by atoms with Gasteiger partial charge < -0.3 is 4.90 Å². The number of nitrogens with zero attached hydrogens (tertiary/aromatic N) is 3. The van der Waals surface area contributed by atoms with Crippen LogP contribution in [0.2, 0.25) is 0 Å². The maximum Gasteiger partial charge on any atom is 0.446 e. The molecule has 1 fully saturated rings. The maximum atomic E-state index is 13.1. The van der Waals surface area contributed by atoms with Gasteiger partial charge in [-0.25, -0.2) is 9.69 Å².